The van der Waals surface area contributed by atoms with Crippen LogP contribution in [0.15, 0.2) is 0 Å². The van der Waals surface area contributed by atoms with Gasteiger partial charge in [0, 0.05) is 12.8 Å². The lowest BCUT2D eigenvalue weighted by molar-refractivity contribution is -0.110. The van der Waals surface area contributed by atoms with E-state index in [1.807, 2.05) is 13.0 Å². The van der Waals surface area contributed by atoms with Crippen molar-refractivity contribution in [2.45, 2.75) is 38.5 Å². The molecule has 0 spiro atoms. The maximum Gasteiger partial charge on any atom is 0.208 e. The molecule has 2 nitrogen and oxygen atoms in total. The number of hydrogen-bond acceptors (Lipinski definition) is 2. The van der Waals surface area contributed by atoms with Gasteiger partial charge in [0.1, 0.15) is 0 Å². The van der Waals surface area contributed by atoms with Gasteiger partial charge in [-0.25, -0.2) is 4.39 Å². The van der Waals surface area contributed by atoms with E-state index in [0.717, 1.165) is 6.42 Å². The molecule has 1 fully saturated rings. The second-order valence-corrected chi connectivity index (χ2v) is 3.83. The first-order chi connectivity index (χ1) is 5.53. The fourth-order valence-electron chi connectivity index (χ4n) is 1.79. The van der Waals surface area contributed by atoms with Crippen molar-refractivity contribution in [1.82, 2.24) is 0 Å². The first kappa shape index (κ1) is 9.47. The van der Waals surface area contributed by atoms with Gasteiger partial charge in [0.2, 0.25) is 5.85 Å². The van der Waals surface area contributed by atoms with Gasteiger partial charge < -0.3 is 5.11 Å². The smallest absolute Gasteiger partial charge is 0.208 e. The van der Waals surface area contributed by atoms with Crippen LogP contribution < -0.4 is 0 Å². The maximum absolute atomic E-state index is 13.2. The Hall–Kier alpha value is -0.620. The van der Waals surface area contributed by atoms with E-state index in [9.17, 15) is 9.50 Å². The Morgan fingerprint density at radius 2 is 2.17 bits per heavy atom. The van der Waals surface area contributed by atoms with E-state index in [-0.39, 0.29) is 24.7 Å². The highest BCUT2D eigenvalue weighted by molar-refractivity contribution is 4.90. The van der Waals surface area contributed by atoms with Crippen molar-refractivity contribution in [3.63, 3.8) is 0 Å². The zero-order valence-electron chi connectivity index (χ0n) is 7.26. The van der Waals surface area contributed by atoms with Crippen LogP contribution in [0.3, 0.4) is 0 Å². The van der Waals surface area contributed by atoms with Crippen molar-refractivity contribution >= 4 is 0 Å². The molecule has 0 aliphatic heterocycles. The van der Waals surface area contributed by atoms with Crippen LogP contribution in [0.4, 0.5) is 4.39 Å². The molecule has 0 heterocycles. The fraction of sp³-hybridized carbons (Fsp3) is 0.889. The normalized spacial score (nSPS) is 43.2. The highest BCUT2D eigenvalue weighted by atomic mass is 19.2. The van der Waals surface area contributed by atoms with Gasteiger partial charge in [-0.2, -0.15) is 5.26 Å². The second kappa shape index (κ2) is 3.40. The summed E-state index contributed by atoms with van der Waals surface area (Å²) in [4.78, 5) is 0. The molecule has 0 bridgehead atoms. The minimum atomic E-state index is -2.11. The molecule has 0 aromatic rings. The first-order valence-electron chi connectivity index (χ1n) is 4.34. The van der Waals surface area contributed by atoms with E-state index in [1.165, 1.54) is 0 Å². The molecule has 0 amide bonds. The number of hydrogen-bond donors (Lipinski definition) is 1. The maximum atomic E-state index is 13.2. The van der Waals surface area contributed by atoms with E-state index < -0.39 is 5.85 Å². The summed E-state index contributed by atoms with van der Waals surface area (Å²) in [5.41, 5.74) is 0. The number of alkyl halides is 1. The Bertz CT molecular complexity index is 197. The molecular weight excluding hydrogens is 157 g/mol. The molecule has 0 saturated heterocycles. The summed E-state index contributed by atoms with van der Waals surface area (Å²) in [7, 11) is 0. The van der Waals surface area contributed by atoms with Gasteiger partial charge in [-0.05, 0) is 18.8 Å². The second-order valence-electron chi connectivity index (χ2n) is 3.83. The van der Waals surface area contributed by atoms with Crippen LogP contribution in [0.25, 0.3) is 0 Å². The largest absolute Gasteiger partial charge is 0.362 e. The number of aliphatic hydroxyl groups is 1. The summed E-state index contributed by atoms with van der Waals surface area (Å²) in [6, 6.07) is 2.02. The van der Waals surface area contributed by atoms with Crippen molar-refractivity contribution in [2.75, 3.05) is 0 Å². The summed E-state index contributed by atoms with van der Waals surface area (Å²) in [5.74, 6) is -2.25. The third-order valence-electron chi connectivity index (χ3n) is 2.41. The van der Waals surface area contributed by atoms with Crippen molar-refractivity contribution in [3.05, 3.63) is 0 Å². The molecule has 0 aromatic carbocycles. The monoisotopic (exact) mass is 171 g/mol. The number of nitriles is 1. The fourth-order valence-corrected chi connectivity index (χ4v) is 1.79. The predicted octanol–water partition coefficient (Wildman–Crippen LogP) is 1.99. The van der Waals surface area contributed by atoms with E-state index in [0.29, 0.717) is 6.42 Å². The van der Waals surface area contributed by atoms with Crippen molar-refractivity contribution < 1.29 is 9.50 Å². The molecule has 0 aromatic heterocycles. The first-order valence-corrected chi connectivity index (χ1v) is 4.34. The quantitative estimate of drug-likeness (QED) is 0.566. The molecule has 0 radical (unpaired) electrons. The molecule has 1 N–H and O–H groups in total. The molecule has 3 atom stereocenters. The molecule has 1 rings (SSSR count). The molecule has 1 saturated carbocycles. The minimum absolute atomic E-state index is 0.0200. The number of halogens is 1. The Balaban J connectivity index is 2.64. The Morgan fingerprint density at radius 3 is 2.75 bits per heavy atom. The average Bonchev–Trinajstić information content (AvgIpc) is 2.07. The average molecular weight is 171 g/mol. The lowest BCUT2D eigenvalue weighted by Crippen LogP contribution is -2.25. The van der Waals surface area contributed by atoms with E-state index >= 15 is 0 Å². The van der Waals surface area contributed by atoms with Gasteiger partial charge in [-0.15, -0.1) is 0 Å². The van der Waals surface area contributed by atoms with Gasteiger partial charge in [-0.3, -0.25) is 0 Å². The lowest BCUT2D eigenvalue weighted by Gasteiger charge is -2.19. The highest BCUT2D eigenvalue weighted by Crippen LogP contribution is 2.34. The minimum Gasteiger partial charge on any atom is -0.362 e. The zero-order valence-corrected chi connectivity index (χ0v) is 7.26. The standard InChI is InChI=1S/C9H14FNO/c1-7-2-3-8(6-11)5-9(10,12)4-7/h7-8,12H,2-5H2,1H3. The molecule has 1 aliphatic rings. The lowest BCUT2D eigenvalue weighted by atomic mass is 10.0. The molecule has 3 unspecified atom stereocenters. The third-order valence-corrected chi connectivity index (χ3v) is 2.41. The summed E-state index contributed by atoms with van der Waals surface area (Å²) >= 11 is 0. The molecule has 68 valence electrons. The van der Waals surface area contributed by atoms with Gasteiger partial charge >= 0.3 is 0 Å². The predicted molar refractivity (Wildman–Crippen MR) is 42.8 cm³/mol. The van der Waals surface area contributed by atoms with Crippen molar-refractivity contribution in [1.29, 1.82) is 5.26 Å². The van der Waals surface area contributed by atoms with E-state index in [1.54, 1.807) is 0 Å². The van der Waals surface area contributed by atoms with Crippen molar-refractivity contribution in [2.24, 2.45) is 11.8 Å². The summed E-state index contributed by atoms with van der Waals surface area (Å²) in [5, 5.41) is 17.8. The van der Waals surface area contributed by atoms with Crippen LogP contribution >= 0.6 is 0 Å². The van der Waals surface area contributed by atoms with Gasteiger partial charge in [-0.1, -0.05) is 6.92 Å². The van der Waals surface area contributed by atoms with Gasteiger partial charge in [0.25, 0.3) is 0 Å². The topological polar surface area (TPSA) is 44.0 Å². The van der Waals surface area contributed by atoms with Crippen LogP contribution in [-0.4, -0.2) is 11.0 Å². The van der Waals surface area contributed by atoms with Crippen LogP contribution in [0.5, 0.6) is 0 Å². The van der Waals surface area contributed by atoms with Crippen LogP contribution in [0.2, 0.25) is 0 Å². The van der Waals surface area contributed by atoms with Crippen LogP contribution in [0.1, 0.15) is 32.6 Å². The van der Waals surface area contributed by atoms with Gasteiger partial charge in [0.05, 0.1) is 12.0 Å². The van der Waals surface area contributed by atoms with Crippen LogP contribution in [-0.2, 0) is 0 Å². The highest BCUT2D eigenvalue weighted by Gasteiger charge is 2.34. The molecule has 12 heavy (non-hydrogen) atoms. The molecule has 1 aliphatic carbocycles. The SMILES string of the molecule is CC1CCC(C#N)CC(O)(F)C1. The van der Waals surface area contributed by atoms with E-state index in [2.05, 4.69) is 0 Å². The van der Waals surface area contributed by atoms with Crippen LogP contribution in [0, 0.1) is 23.2 Å². The summed E-state index contributed by atoms with van der Waals surface area (Å²) < 4.78 is 13.2. The zero-order chi connectivity index (χ0) is 9.19. The Morgan fingerprint density at radius 1 is 1.50 bits per heavy atom. The van der Waals surface area contributed by atoms with Gasteiger partial charge in [0.15, 0.2) is 0 Å². The number of nitrogens with zero attached hydrogens (tertiary/aromatic N) is 1. The van der Waals surface area contributed by atoms with Crippen molar-refractivity contribution in [3.8, 4) is 6.07 Å². The third kappa shape index (κ3) is 2.46. The Kier molecular flexibility index (Phi) is 2.69. The Labute approximate surface area is 72.0 Å². The summed E-state index contributed by atoms with van der Waals surface area (Å²) in [6.45, 7) is 1.91. The van der Waals surface area contributed by atoms with E-state index in [4.69, 9.17) is 5.26 Å². The molecule has 3 heteroatoms. The summed E-state index contributed by atoms with van der Waals surface area (Å²) in [6.07, 6.45) is 1.70. The number of rotatable bonds is 0. The molecular formula is C9H14FNO.